The predicted molar refractivity (Wildman–Crippen MR) is 60.8 cm³/mol. The molecule has 0 amide bonds. The van der Waals surface area contributed by atoms with Crippen molar-refractivity contribution in [3.8, 4) is 0 Å². The maximum atomic E-state index is 10.2. The largest absolute Gasteiger partial charge is 0.388 e. The van der Waals surface area contributed by atoms with Crippen molar-refractivity contribution >= 4 is 5.69 Å². The molecule has 1 aromatic heterocycles. The van der Waals surface area contributed by atoms with E-state index in [-0.39, 0.29) is 0 Å². The first kappa shape index (κ1) is 10.4. The number of pyridine rings is 1. The van der Waals surface area contributed by atoms with Crippen LogP contribution in [0.15, 0.2) is 24.5 Å². The fourth-order valence-electron chi connectivity index (χ4n) is 2.12. The van der Waals surface area contributed by atoms with E-state index in [1.165, 1.54) is 6.42 Å². The topological polar surface area (TPSA) is 45.1 Å². The minimum atomic E-state index is -0.506. The molecule has 82 valence electrons. The summed E-state index contributed by atoms with van der Waals surface area (Å²) in [6, 6.07) is 3.87. The molecule has 1 fully saturated rings. The highest BCUT2D eigenvalue weighted by atomic mass is 16.3. The Balaban J connectivity index is 1.87. The lowest BCUT2D eigenvalue weighted by Crippen LogP contribution is -2.38. The second kappa shape index (κ2) is 4.62. The molecule has 2 N–H and O–H groups in total. The van der Waals surface area contributed by atoms with Crippen LogP contribution >= 0.6 is 0 Å². The molecule has 1 heterocycles. The quantitative estimate of drug-likeness (QED) is 0.796. The number of hydrogen-bond acceptors (Lipinski definition) is 3. The Morgan fingerprint density at radius 3 is 2.80 bits per heavy atom. The molecular formula is C12H18N2O. The summed E-state index contributed by atoms with van der Waals surface area (Å²) in [6.07, 6.45) is 8.92. The van der Waals surface area contributed by atoms with Crippen molar-refractivity contribution in [2.24, 2.45) is 0 Å². The van der Waals surface area contributed by atoms with Crippen LogP contribution in [0.3, 0.4) is 0 Å². The van der Waals surface area contributed by atoms with Gasteiger partial charge in [0.15, 0.2) is 0 Å². The van der Waals surface area contributed by atoms with Crippen LogP contribution in [0.5, 0.6) is 0 Å². The van der Waals surface area contributed by atoms with Gasteiger partial charge < -0.3 is 10.4 Å². The highest BCUT2D eigenvalue weighted by Gasteiger charge is 2.28. The van der Waals surface area contributed by atoms with E-state index >= 15 is 0 Å². The first-order chi connectivity index (χ1) is 7.29. The van der Waals surface area contributed by atoms with Gasteiger partial charge in [0.25, 0.3) is 0 Å². The number of rotatable bonds is 3. The van der Waals surface area contributed by atoms with Gasteiger partial charge in [0.2, 0.25) is 0 Å². The Kier molecular flexibility index (Phi) is 3.21. The smallest absolute Gasteiger partial charge is 0.0819 e. The molecule has 0 saturated heterocycles. The van der Waals surface area contributed by atoms with Crippen LogP contribution in [0, 0.1) is 0 Å². The molecule has 3 nitrogen and oxygen atoms in total. The van der Waals surface area contributed by atoms with Crippen LogP contribution < -0.4 is 5.32 Å². The summed E-state index contributed by atoms with van der Waals surface area (Å²) in [5.74, 6) is 0. The first-order valence-electron chi connectivity index (χ1n) is 5.65. The fourth-order valence-corrected chi connectivity index (χ4v) is 2.12. The molecule has 0 bridgehead atoms. The van der Waals surface area contributed by atoms with Gasteiger partial charge in [0.05, 0.1) is 11.3 Å². The van der Waals surface area contributed by atoms with E-state index in [0.717, 1.165) is 31.4 Å². The van der Waals surface area contributed by atoms with Crippen LogP contribution in [0.4, 0.5) is 5.69 Å². The molecule has 3 heteroatoms. The third-order valence-electron chi connectivity index (χ3n) is 3.07. The van der Waals surface area contributed by atoms with Gasteiger partial charge in [-0.15, -0.1) is 0 Å². The van der Waals surface area contributed by atoms with E-state index in [1.807, 2.05) is 12.1 Å². The summed E-state index contributed by atoms with van der Waals surface area (Å²) in [6.45, 7) is 0.638. The van der Waals surface area contributed by atoms with Crippen LogP contribution in [-0.2, 0) is 0 Å². The van der Waals surface area contributed by atoms with Crippen molar-refractivity contribution in [1.29, 1.82) is 0 Å². The summed E-state index contributed by atoms with van der Waals surface area (Å²) in [4.78, 5) is 4.03. The van der Waals surface area contributed by atoms with Crippen molar-refractivity contribution < 1.29 is 5.11 Å². The molecule has 2 rings (SSSR count). The Labute approximate surface area is 90.5 Å². The van der Waals surface area contributed by atoms with Gasteiger partial charge >= 0.3 is 0 Å². The van der Waals surface area contributed by atoms with Gasteiger partial charge in [0, 0.05) is 18.9 Å². The van der Waals surface area contributed by atoms with Crippen molar-refractivity contribution in [3.63, 3.8) is 0 Å². The third kappa shape index (κ3) is 2.93. The van der Waals surface area contributed by atoms with Crippen LogP contribution in [0.1, 0.15) is 32.1 Å². The van der Waals surface area contributed by atoms with Crippen LogP contribution in [0.25, 0.3) is 0 Å². The summed E-state index contributed by atoms with van der Waals surface area (Å²) in [7, 11) is 0. The molecule has 0 radical (unpaired) electrons. The van der Waals surface area contributed by atoms with Gasteiger partial charge in [-0.25, -0.2) is 0 Å². The Bertz CT molecular complexity index is 294. The molecule has 0 spiro atoms. The van der Waals surface area contributed by atoms with E-state index in [0.29, 0.717) is 6.54 Å². The van der Waals surface area contributed by atoms with Gasteiger partial charge in [-0.3, -0.25) is 4.98 Å². The zero-order valence-corrected chi connectivity index (χ0v) is 8.95. The minimum absolute atomic E-state index is 0.506. The lowest BCUT2D eigenvalue weighted by atomic mass is 9.85. The molecule has 1 aromatic rings. The average Bonchev–Trinajstić information content (AvgIpc) is 2.29. The highest BCUT2D eigenvalue weighted by molar-refractivity contribution is 5.40. The fraction of sp³-hybridized carbons (Fsp3) is 0.583. The van der Waals surface area contributed by atoms with Crippen molar-refractivity contribution in [1.82, 2.24) is 4.98 Å². The van der Waals surface area contributed by atoms with Crippen molar-refractivity contribution in [2.45, 2.75) is 37.7 Å². The Morgan fingerprint density at radius 2 is 2.13 bits per heavy atom. The van der Waals surface area contributed by atoms with E-state index in [2.05, 4.69) is 10.3 Å². The SMILES string of the molecule is OC1(CNc2cccnc2)CCCCC1. The predicted octanol–water partition coefficient (Wildman–Crippen LogP) is 2.19. The maximum absolute atomic E-state index is 10.2. The summed E-state index contributed by atoms with van der Waals surface area (Å²) in [5.41, 5.74) is 0.477. The average molecular weight is 206 g/mol. The van der Waals surface area contributed by atoms with Crippen LogP contribution in [-0.4, -0.2) is 22.2 Å². The van der Waals surface area contributed by atoms with E-state index in [1.54, 1.807) is 12.4 Å². The standard InChI is InChI=1S/C12H18N2O/c15-12(6-2-1-3-7-12)10-14-11-5-4-8-13-9-11/h4-5,8-9,14-15H,1-3,6-7,10H2. The summed E-state index contributed by atoms with van der Waals surface area (Å²) >= 11 is 0. The number of anilines is 1. The second-order valence-electron chi connectivity index (χ2n) is 4.38. The minimum Gasteiger partial charge on any atom is -0.388 e. The third-order valence-corrected chi connectivity index (χ3v) is 3.07. The van der Waals surface area contributed by atoms with Crippen molar-refractivity contribution in [2.75, 3.05) is 11.9 Å². The number of nitrogens with zero attached hydrogens (tertiary/aromatic N) is 1. The van der Waals surface area contributed by atoms with E-state index < -0.39 is 5.60 Å². The monoisotopic (exact) mass is 206 g/mol. The van der Waals surface area contributed by atoms with Crippen molar-refractivity contribution in [3.05, 3.63) is 24.5 Å². The van der Waals surface area contributed by atoms with Gasteiger partial charge in [-0.2, -0.15) is 0 Å². The lowest BCUT2D eigenvalue weighted by molar-refractivity contribution is 0.0167. The number of hydrogen-bond donors (Lipinski definition) is 2. The molecular weight excluding hydrogens is 188 g/mol. The second-order valence-corrected chi connectivity index (χ2v) is 4.38. The molecule has 1 saturated carbocycles. The van der Waals surface area contributed by atoms with Gasteiger partial charge in [-0.1, -0.05) is 19.3 Å². The van der Waals surface area contributed by atoms with Crippen LogP contribution in [0.2, 0.25) is 0 Å². The molecule has 0 aromatic carbocycles. The number of aliphatic hydroxyl groups is 1. The van der Waals surface area contributed by atoms with Gasteiger partial charge in [-0.05, 0) is 25.0 Å². The van der Waals surface area contributed by atoms with E-state index in [4.69, 9.17) is 0 Å². The molecule has 1 aliphatic rings. The summed E-state index contributed by atoms with van der Waals surface area (Å²) < 4.78 is 0. The molecule has 0 unspecified atom stereocenters. The highest BCUT2D eigenvalue weighted by Crippen LogP contribution is 2.28. The Morgan fingerprint density at radius 1 is 1.33 bits per heavy atom. The lowest BCUT2D eigenvalue weighted by Gasteiger charge is -2.32. The molecule has 0 atom stereocenters. The normalized spacial score (nSPS) is 19.8. The Hall–Kier alpha value is -1.09. The first-order valence-corrected chi connectivity index (χ1v) is 5.65. The molecule has 1 aliphatic carbocycles. The maximum Gasteiger partial charge on any atom is 0.0819 e. The number of nitrogens with one attached hydrogen (secondary N) is 1. The summed E-state index contributed by atoms with van der Waals surface area (Å²) in [5, 5.41) is 13.5. The number of aromatic nitrogens is 1. The molecule has 15 heavy (non-hydrogen) atoms. The molecule has 0 aliphatic heterocycles. The zero-order valence-electron chi connectivity index (χ0n) is 8.95. The van der Waals surface area contributed by atoms with Gasteiger partial charge in [0.1, 0.15) is 0 Å². The van der Waals surface area contributed by atoms with E-state index in [9.17, 15) is 5.11 Å². The zero-order chi connectivity index (χ0) is 10.6.